The van der Waals surface area contributed by atoms with Gasteiger partial charge < -0.3 is 9.84 Å². The van der Waals surface area contributed by atoms with Crippen LogP contribution in [-0.4, -0.2) is 13.0 Å². The first-order chi connectivity index (χ1) is 13.9. The van der Waals surface area contributed by atoms with E-state index in [2.05, 4.69) is 6.92 Å². The summed E-state index contributed by atoms with van der Waals surface area (Å²) < 4.78 is 37.5. The molecule has 0 heterocycles. The number of hydrogen-bond donors (Lipinski definition) is 1. The molecular formula is C23H31KO5S. The Hall–Kier alpha value is -0.414. The van der Waals surface area contributed by atoms with E-state index in [-0.39, 0.29) is 73.5 Å². The summed E-state index contributed by atoms with van der Waals surface area (Å²) in [5.41, 5.74) is 0.817. The van der Waals surface area contributed by atoms with E-state index in [1.807, 2.05) is 6.07 Å². The van der Waals surface area contributed by atoms with Crippen molar-refractivity contribution in [1.29, 1.82) is 0 Å². The molecule has 0 bridgehead atoms. The Kier molecular flexibility index (Phi) is 13.5. The van der Waals surface area contributed by atoms with Crippen molar-refractivity contribution in [2.24, 2.45) is 0 Å². The third kappa shape index (κ3) is 9.81. The van der Waals surface area contributed by atoms with Crippen molar-refractivity contribution in [2.45, 2.75) is 76.0 Å². The van der Waals surface area contributed by atoms with Gasteiger partial charge in [-0.2, -0.15) is 8.42 Å². The van der Waals surface area contributed by atoms with Crippen molar-refractivity contribution in [3.8, 4) is 17.2 Å². The summed E-state index contributed by atoms with van der Waals surface area (Å²) in [4.78, 5) is -0.265. The molecule has 0 amide bonds. The molecule has 0 spiro atoms. The van der Waals surface area contributed by atoms with E-state index in [1.54, 1.807) is 12.1 Å². The second-order valence-electron chi connectivity index (χ2n) is 7.37. The van der Waals surface area contributed by atoms with Crippen LogP contribution in [0.3, 0.4) is 0 Å². The molecule has 0 saturated carbocycles. The Morgan fingerprint density at radius 3 is 2.13 bits per heavy atom. The maximum atomic E-state index is 12.3. The molecule has 2 aromatic rings. The largest absolute Gasteiger partial charge is 1.00 e. The molecule has 0 aliphatic heterocycles. The fourth-order valence-electron chi connectivity index (χ4n) is 3.32. The Balaban J connectivity index is 0.00000450. The number of para-hydroxylation sites is 1. The quantitative estimate of drug-likeness (QED) is 0.283. The number of benzene rings is 2. The topological polar surface area (TPSA) is 86.7 Å². The molecule has 0 atom stereocenters. The summed E-state index contributed by atoms with van der Waals surface area (Å²) >= 11 is 0. The van der Waals surface area contributed by atoms with Crippen LogP contribution in [0, 0.1) is 0 Å². The van der Waals surface area contributed by atoms with Gasteiger partial charge in [0.25, 0.3) is 10.1 Å². The number of rotatable bonds is 13. The van der Waals surface area contributed by atoms with Crippen LogP contribution in [0.4, 0.5) is 0 Å². The van der Waals surface area contributed by atoms with Crippen LogP contribution in [0.1, 0.15) is 70.3 Å². The van der Waals surface area contributed by atoms with Gasteiger partial charge >= 0.3 is 51.4 Å². The zero-order valence-corrected chi connectivity index (χ0v) is 22.0. The van der Waals surface area contributed by atoms with Crippen molar-refractivity contribution in [1.82, 2.24) is 0 Å². The van der Waals surface area contributed by atoms with Crippen molar-refractivity contribution >= 4 is 10.1 Å². The molecule has 0 aliphatic rings. The second kappa shape index (κ2) is 14.6. The van der Waals surface area contributed by atoms with Gasteiger partial charge in [0.15, 0.2) is 0 Å². The summed E-state index contributed by atoms with van der Waals surface area (Å²) in [5.74, 6) is 0.187. The maximum Gasteiger partial charge on any atom is 1.00 e. The van der Waals surface area contributed by atoms with Gasteiger partial charge in [0.1, 0.15) is 11.5 Å². The van der Waals surface area contributed by atoms with Crippen LogP contribution in [0.5, 0.6) is 17.2 Å². The minimum Gasteiger partial charge on any atom is -0.870 e. The fraction of sp³-hybridized carbons (Fsp3) is 0.478. The Morgan fingerprint density at radius 1 is 0.900 bits per heavy atom. The van der Waals surface area contributed by atoms with E-state index in [1.165, 1.54) is 69.2 Å². The number of ether oxygens (including phenoxy) is 1. The monoisotopic (exact) mass is 458 g/mol. The Bertz CT molecular complexity index is 868. The summed E-state index contributed by atoms with van der Waals surface area (Å²) in [5, 5.41) is 12.3. The second-order valence-corrected chi connectivity index (χ2v) is 8.80. The molecule has 30 heavy (non-hydrogen) atoms. The van der Waals surface area contributed by atoms with Crippen LogP contribution in [0.15, 0.2) is 47.4 Å². The van der Waals surface area contributed by atoms with E-state index in [4.69, 9.17) is 4.74 Å². The van der Waals surface area contributed by atoms with Crippen LogP contribution in [0.25, 0.3) is 0 Å². The molecule has 0 fully saturated rings. The van der Waals surface area contributed by atoms with E-state index in [0.717, 1.165) is 24.8 Å². The van der Waals surface area contributed by atoms with Gasteiger partial charge in [0.2, 0.25) is 0 Å². The van der Waals surface area contributed by atoms with Crippen molar-refractivity contribution in [2.75, 3.05) is 0 Å². The minimum atomic E-state index is -4.33. The van der Waals surface area contributed by atoms with E-state index >= 15 is 0 Å². The Labute approximate surface area is 223 Å². The number of hydrogen-bond acceptors (Lipinski definition) is 4. The summed E-state index contributed by atoms with van der Waals surface area (Å²) in [7, 11) is -4.33. The first-order valence-corrected chi connectivity index (χ1v) is 11.9. The SMILES string of the molecule is CCCCCCCCCCCc1cccc([O-])c1Oc1cccc(S(=O)(=O)O)c1.[K+]. The maximum absolute atomic E-state index is 12.3. The normalized spacial score (nSPS) is 11.1. The van der Waals surface area contributed by atoms with Gasteiger partial charge in [-0.3, -0.25) is 4.55 Å². The summed E-state index contributed by atoms with van der Waals surface area (Å²) in [6.45, 7) is 2.22. The average molecular weight is 459 g/mol. The smallest absolute Gasteiger partial charge is 0.870 e. The molecule has 2 aromatic carbocycles. The standard InChI is InChI=1S/C23H32O5S.K/c1-2-3-4-5-6-7-8-9-10-13-19-14-11-17-22(24)23(19)28-20-15-12-16-21(18-20)29(25,26)27;/h11-12,14-18,24H,2-10,13H2,1H3,(H,25,26,27);/q;+1/p-1. The van der Waals surface area contributed by atoms with E-state index in [9.17, 15) is 18.1 Å². The van der Waals surface area contributed by atoms with Crippen LogP contribution < -0.4 is 61.2 Å². The van der Waals surface area contributed by atoms with Gasteiger partial charge in [0, 0.05) is 6.07 Å². The zero-order valence-electron chi connectivity index (χ0n) is 18.1. The van der Waals surface area contributed by atoms with Crippen LogP contribution in [-0.2, 0) is 16.5 Å². The van der Waals surface area contributed by atoms with Gasteiger partial charge in [-0.15, -0.1) is 0 Å². The molecule has 7 heteroatoms. The molecule has 160 valence electrons. The van der Waals surface area contributed by atoms with E-state index in [0.29, 0.717) is 0 Å². The van der Waals surface area contributed by atoms with Gasteiger partial charge in [-0.25, -0.2) is 0 Å². The van der Waals surface area contributed by atoms with Crippen molar-refractivity contribution in [3.05, 3.63) is 48.0 Å². The molecule has 0 aliphatic carbocycles. The molecule has 2 rings (SSSR count). The third-order valence-corrected chi connectivity index (χ3v) is 5.78. The minimum absolute atomic E-state index is 0. The first kappa shape index (κ1) is 27.6. The first-order valence-electron chi connectivity index (χ1n) is 10.5. The summed E-state index contributed by atoms with van der Waals surface area (Å²) in [6, 6.07) is 10.5. The van der Waals surface area contributed by atoms with Crippen molar-refractivity contribution < 1.29 is 74.2 Å². The average Bonchev–Trinajstić information content (AvgIpc) is 2.68. The van der Waals surface area contributed by atoms with Crippen LogP contribution >= 0.6 is 0 Å². The predicted octanol–water partition coefficient (Wildman–Crippen LogP) is 2.88. The third-order valence-electron chi connectivity index (χ3n) is 4.93. The van der Waals surface area contributed by atoms with Gasteiger partial charge in [-0.05, 0) is 30.5 Å². The van der Waals surface area contributed by atoms with E-state index < -0.39 is 10.1 Å². The molecule has 0 unspecified atom stereocenters. The fourth-order valence-corrected chi connectivity index (χ4v) is 3.83. The van der Waals surface area contributed by atoms with Crippen molar-refractivity contribution in [3.63, 3.8) is 0 Å². The molecule has 5 nitrogen and oxygen atoms in total. The zero-order chi connectivity index (χ0) is 21.1. The number of unbranched alkanes of at least 4 members (excludes halogenated alkanes) is 8. The molecule has 1 N–H and O–H groups in total. The summed E-state index contributed by atoms with van der Waals surface area (Å²) in [6.07, 6.45) is 11.8. The van der Waals surface area contributed by atoms with Gasteiger partial charge in [-0.1, -0.05) is 88.3 Å². The number of aryl methyl sites for hydroxylation is 1. The Morgan fingerprint density at radius 2 is 1.50 bits per heavy atom. The molecule has 0 saturated heterocycles. The predicted molar refractivity (Wildman–Crippen MR) is 113 cm³/mol. The molecule has 0 aromatic heterocycles. The van der Waals surface area contributed by atoms with Crippen LogP contribution in [0.2, 0.25) is 0 Å². The van der Waals surface area contributed by atoms with Gasteiger partial charge in [0.05, 0.1) is 4.90 Å². The molecular weight excluding hydrogens is 427 g/mol. The molecule has 0 radical (unpaired) electrons.